The van der Waals surface area contributed by atoms with Crippen LogP contribution in [0.15, 0.2) is 53.4 Å². The Morgan fingerprint density at radius 1 is 1.07 bits per heavy atom. The Labute approximate surface area is 172 Å². The van der Waals surface area contributed by atoms with Gasteiger partial charge in [-0.3, -0.25) is 4.79 Å². The number of amides is 1. The lowest BCUT2D eigenvalue weighted by atomic mass is 10.1. The zero-order chi connectivity index (χ0) is 20.8. The second-order valence-electron chi connectivity index (χ2n) is 7.72. The average Bonchev–Trinajstić information content (AvgIpc) is 2.58. The van der Waals surface area contributed by atoms with Crippen molar-refractivity contribution in [1.29, 1.82) is 0 Å². The van der Waals surface area contributed by atoms with Gasteiger partial charge in [-0.25, -0.2) is 13.1 Å². The standard InChI is InChI=1S/C21H28N2O3S2/c1-16-8-7-9-17(12-16)14-27-15-20(24)22-13-18-10-5-6-11-19(18)28(25,26)23-21(2,3)4/h5-12,23H,13-15H2,1-4H3,(H,22,24). The van der Waals surface area contributed by atoms with Crippen LogP contribution in [0.3, 0.4) is 0 Å². The quantitative estimate of drug-likeness (QED) is 0.684. The summed E-state index contributed by atoms with van der Waals surface area (Å²) in [6.45, 7) is 7.59. The van der Waals surface area contributed by atoms with Crippen molar-refractivity contribution in [3.05, 3.63) is 65.2 Å². The van der Waals surface area contributed by atoms with E-state index in [0.29, 0.717) is 11.3 Å². The summed E-state index contributed by atoms with van der Waals surface area (Å²) in [6, 6.07) is 14.9. The number of nitrogens with one attached hydrogen (secondary N) is 2. The van der Waals surface area contributed by atoms with E-state index in [4.69, 9.17) is 0 Å². The first-order chi connectivity index (χ1) is 13.1. The third-order valence-electron chi connectivity index (χ3n) is 3.76. The molecule has 7 heteroatoms. The number of aryl methyl sites for hydroxylation is 1. The summed E-state index contributed by atoms with van der Waals surface area (Å²) in [7, 11) is -3.66. The molecule has 28 heavy (non-hydrogen) atoms. The molecule has 0 aliphatic rings. The highest BCUT2D eigenvalue weighted by atomic mass is 32.2. The van der Waals surface area contributed by atoms with Crippen LogP contribution in [0.25, 0.3) is 0 Å². The lowest BCUT2D eigenvalue weighted by Crippen LogP contribution is -2.41. The van der Waals surface area contributed by atoms with Crippen LogP contribution in [-0.4, -0.2) is 25.6 Å². The van der Waals surface area contributed by atoms with Crippen molar-refractivity contribution in [2.45, 2.75) is 50.4 Å². The molecule has 5 nitrogen and oxygen atoms in total. The highest BCUT2D eigenvalue weighted by Gasteiger charge is 2.24. The molecule has 0 unspecified atom stereocenters. The summed E-state index contributed by atoms with van der Waals surface area (Å²) in [6.07, 6.45) is 0. The third kappa shape index (κ3) is 7.30. The molecule has 0 aromatic heterocycles. The molecule has 2 N–H and O–H groups in total. The molecule has 0 saturated carbocycles. The molecule has 0 aliphatic heterocycles. The van der Waals surface area contributed by atoms with Gasteiger partial charge < -0.3 is 5.32 Å². The largest absolute Gasteiger partial charge is 0.351 e. The number of hydrogen-bond acceptors (Lipinski definition) is 4. The minimum atomic E-state index is -3.66. The summed E-state index contributed by atoms with van der Waals surface area (Å²) in [5, 5.41) is 2.82. The number of rotatable bonds is 8. The summed E-state index contributed by atoms with van der Waals surface area (Å²) in [4.78, 5) is 12.4. The summed E-state index contributed by atoms with van der Waals surface area (Å²) >= 11 is 1.53. The fraction of sp³-hybridized carbons (Fsp3) is 0.381. The Hall–Kier alpha value is -1.83. The number of benzene rings is 2. The first-order valence-electron chi connectivity index (χ1n) is 9.09. The fourth-order valence-electron chi connectivity index (χ4n) is 2.68. The number of hydrogen-bond donors (Lipinski definition) is 2. The van der Waals surface area contributed by atoms with E-state index >= 15 is 0 Å². The van der Waals surface area contributed by atoms with Gasteiger partial charge in [0.1, 0.15) is 0 Å². The maximum Gasteiger partial charge on any atom is 0.241 e. The summed E-state index contributed by atoms with van der Waals surface area (Å²) < 4.78 is 27.9. The monoisotopic (exact) mass is 420 g/mol. The molecular formula is C21H28N2O3S2. The topological polar surface area (TPSA) is 75.3 Å². The summed E-state index contributed by atoms with van der Waals surface area (Å²) in [5.74, 6) is 0.965. The average molecular weight is 421 g/mol. The van der Waals surface area contributed by atoms with Crippen LogP contribution >= 0.6 is 11.8 Å². The van der Waals surface area contributed by atoms with Gasteiger partial charge in [-0.1, -0.05) is 48.0 Å². The first-order valence-corrected chi connectivity index (χ1v) is 11.7. The lowest BCUT2D eigenvalue weighted by molar-refractivity contribution is -0.118. The zero-order valence-electron chi connectivity index (χ0n) is 16.8. The molecule has 0 aliphatic carbocycles. The maximum atomic E-state index is 12.6. The molecule has 2 rings (SSSR count). The molecule has 0 heterocycles. The third-order valence-corrected chi connectivity index (χ3v) is 6.63. The number of thioether (sulfide) groups is 1. The maximum absolute atomic E-state index is 12.6. The predicted octanol–water partition coefficient (Wildman–Crippen LogP) is 3.62. The van der Waals surface area contributed by atoms with E-state index in [1.54, 1.807) is 45.0 Å². The van der Waals surface area contributed by atoms with E-state index in [2.05, 4.69) is 16.1 Å². The van der Waals surface area contributed by atoms with Gasteiger partial charge in [-0.2, -0.15) is 0 Å². The smallest absolute Gasteiger partial charge is 0.241 e. The fourth-order valence-corrected chi connectivity index (χ4v) is 5.14. The number of sulfonamides is 1. The molecule has 0 atom stereocenters. The van der Waals surface area contributed by atoms with E-state index in [-0.39, 0.29) is 17.3 Å². The van der Waals surface area contributed by atoms with Gasteiger partial charge in [0, 0.05) is 17.8 Å². The highest BCUT2D eigenvalue weighted by molar-refractivity contribution is 7.99. The Morgan fingerprint density at radius 2 is 1.79 bits per heavy atom. The van der Waals surface area contributed by atoms with Crippen molar-refractivity contribution < 1.29 is 13.2 Å². The normalized spacial score (nSPS) is 12.0. The van der Waals surface area contributed by atoms with Gasteiger partial charge in [0.2, 0.25) is 15.9 Å². The van der Waals surface area contributed by atoms with Crippen LogP contribution in [-0.2, 0) is 27.1 Å². The van der Waals surface area contributed by atoms with Gasteiger partial charge in [-0.15, -0.1) is 11.8 Å². The van der Waals surface area contributed by atoms with E-state index in [1.165, 1.54) is 22.9 Å². The Bertz CT molecular complexity index is 919. The molecule has 1 amide bonds. The minimum Gasteiger partial charge on any atom is -0.351 e. The van der Waals surface area contributed by atoms with E-state index < -0.39 is 15.6 Å². The van der Waals surface area contributed by atoms with Crippen molar-refractivity contribution >= 4 is 27.7 Å². The second-order valence-corrected chi connectivity index (χ2v) is 10.4. The predicted molar refractivity (Wildman–Crippen MR) is 116 cm³/mol. The van der Waals surface area contributed by atoms with Crippen LogP contribution in [0, 0.1) is 6.92 Å². The molecule has 2 aromatic carbocycles. The number of carbonyl (C=O) groups excluding carboxylic acids is 1. The van der Waals surface area contributed by atoms with Gasteiger partial charge >= 0.3 is 0 Å². The first kappa shape index (κ1) is 22.5. The van der Waals surface area contributed by atoms with Crippen molar-refractivity contribution in [1.82, 2.24) is 10.0 Å². The minimum absolute atomic E-state index is 0.117. The molecule has 152 valence electrons. The Morgan fingerprint density at radius 3 is 2.46 bits per heavy atom. The zero-order valence-corrected chi connectivity index (χ0v) is 18.4. The molecule has 0 bridgehead atoms. The van der Waals surface area contributed by atoms with Crippen LogP contribution in [0.1, 0.15) is 37.5 Å². The van der Waals surface area contributed by atoms with E-state index in [0.717, 1.165) is 5.75 Å². The van der Waals surface area contributed by atoms with Crippen molar-refractivity contribution in [3.8, 4) is 0 Å². The Kier molecular flexibility index (Phi) is 7.69. The van der Waals surface area contributed by atoms with Gasteiger partial charge in [0.05, 0.1) is 10.6 Å². The molecule has 0 fully saturated rings. The van der Waals surface area contributed by atoms with Crippen LogP contribution < -0.4 is 10.0 Å². The Balaban J connectivity index is 1.93. The molecule has 0 radical (unpaired) electrons. The van der Waals surface area contributed by atoms with Gasteiger partial charge in [0.25, 0.3) is 0 Å². The van der Waals surface area contributed by atoms with Gasteiger partial charge in [-0.05, 0) is 44.9 Å². The van der Waals surface area contributed by atoms with Gasteiger partial charge in [0.15, 0.2) is 0 Å². The van der Waals surface area contributed by atoms with E-state index in [1.807, 2.05) is 25.1 Å². The molecule has 0 spiro atoms. The van der Waals surface area contributed by atoms with Crippen LogP contribution in [0.2, 0.25) is 0 Å². The van der Waals surface area contributed by atoms with Crippen molar-refractivity contribution in [2.75, 3.05) is 5.75 Å². The second kappa shape index (κ2) is 9.58. The lowest BCUT2D eigenvalue weighted by Gasteiger charge is -2.21. The SMILES string of the molecule is Cc1cccc(CSCC(=O)NCc2ccccc2S(=O)(=O)NC(C)(C)C)c1. The highest BCUT2D eigenvalue weighted by Crippen LogP contribution is 2.18. The van der Waals surface area contributed by atoms with Crippen LogP contribution in [0.4, 0.5) is 0 Å². The molecule has 0 saturated heterocycles. The van der Waals surface area contributed by atoms with E-state index in [9.17, 15) is 13.2 Å². The van der Waals surface area contributed by atoms with Crippen LogP contribution in [0.5, 0.6) is 0 Å². The number of carbonyl (C=O) groups is 1. The molecular weight excluding hydrogens is 392 g/mol. The summed E-state index contributed by atoms with van der Waals surface area (Å²) in [5.41, 5.74) is 2.37. The van der Waals surface area contributed by atoms with Crippen molar-refractivity contribution in [2.24, 2.45) is 0 Å². The molecule has 2 aromatic rings. The van der Waals surface area contributed by atoms with Crippen molar-refractivity contribution in [3.63, 3.8) is 0 Å².